The molecule has 1 fully saturated rings. The number of methoxy groups -OCH3 is 1. The number of likely N-dealkylation sites (N-methyl/N-ethyl adjacent to an activating group) is 1. The highest BCUT2D eigenvalue weighted by Gasteiger charge is 2.21. The summed E-state index contributed by atoms with van der Waals surface area (Å²) in [6.07, 6.45) is 2.53. The van der Waals surface area contributed by atoms with Crippen molar-refractivity contribution in [2.45, 2.75) is 25.4 Å². The Morgan fingerprint density at radius 2 is 2.24 bits per heavy atom. The highest BCUT2D eigenvalue weighted by molar-refractivity contribution is 7.80. The van der Waals surface area contributed by atoms with Gasteiger partial charge in [0.25, 0.3) is 0 Å². The molecule has 0 amide bonds. The van der Waals surface area contributed by atoms with Gasteiger partial charge in [0.1, 0.15) is 10.7 Å². The first-order valence-corrected chi connectivity index (χ1v) is 7.77. The fourth-order valence-corrected chi connectivity index (χ4v) is 3.06. The van der Waals surface area contributed by atoms with Crippen LogP contribution in [0.15, 0.2) is 18.2 Å². The van der Waals surface area contributed by atoms with E-state index in [0.29, 0.717) is 11.0 Å². The van der Waals surface area contributed by atoms with Crippen LogP contribution >= 0.6 is 12.2 Å². The van der Waals surface area contributed by atoms with Gasteiger partial charge >= 0.3 is 0 Å². The maximum Gasteiger partial charge on any atom is 0.129 e. The zero-order valence-electron chi connectivity index (χ0n) is 13.1. The van der Waals surface area contributed by atoms with Crippen LogP contribution < -0.4 is 10.5 Å². The van der Waals surface area contributed by atoms with Crippen molar-refractivity contribution in [3.05, 3.63) is 29.3 Å². The molecular formula is C16H25N3OS. The van der Waals surface area contributed by atoms with Crippen LogP contribution in [0.3, 0.4) is 0 Å². The Balaban J connectivity index is 2.09. The SMILES string of the molecule is COc1ccc(CN2CCCC(N(C)C)C2)cc1C(N)=S. The molecule has 116 valence electrons. The Kier molecular flexibility index (Phi) is 5.56. The van der Waals surface area contributed by atoms with Crippen LogP contribution in [0.2, 0.25) is 0 Å². The van der Waals surface area contributed by atoms with Crippen LogP contribution in [0.5, 0.6) is 5.75 Å². The van der Waals surface area contributed by atoms with Gasteiger partial charge in [0.2, 0.25) is 0 Å². The first-order chi connectivity index (χ1) is 10.0. The molecule has 0 aromatic heterocycles. The second-order valence-corrected chi connectivity index (χ2v) is 6.33. The largest absolute Gasteiger partial charge is 0.496 e. The fraction of sp³-hybridized carbons (Fsp3) is 0.562. The van der Waals surface area contributed by atoms with Crippen molar-refractivity contribution in [3.8, 4) is 5.75 Å². The second-order valence-electron chi connectivity index (χ2n) is 5.89. The highest BCUT2D eigenvalue weighted by atomic mass is 32.1. The molecule has 2 rings (SSSR count). The predicted molar refractivity (Wildman–Crippen MR) is 90.9 cm³/mol. The zero-order valence-corrected chi connectivity index (χ0v) is 13.9. The predicted octanol–water partition coefficient (Wildman–Crippen LogP) is 1.86. The standard InChI is InChI=1S/C16H25N3OS/c1-18(2)13-5-4-8-19(11-13)10-12-6-7-15(20-3)14(9-12)16(17)21/h6-7,9,13H,4-5,8,10-11H2,1-3H3,(H2,17,21). The molecule has 1 unspecified atom stereocenters. The molecule has 0 aliphatic carbocycles. The lowest BCUT2D eigenvalue weighted by molar-refractivity contribution is 0.128. The number of nitrogens with two attached hydrogens (primary N) is 1. The van der Waals surface area contributed by atoms with Gasteiger partial charge in [-0.3, -0.25) is 4.90 Å². The molecule has 0 saturated carbocycles. The first kappa shape index (κ1) is 16.2. The number of hydrogen-bond donors (Lipinski definition) is 1. The summed E-state index contributed by atoms with van der Waals surface area (Å²) >= 11 is 5.11. The normalized spacial score (nSPS) is 19.7. The molecule has 0 bridgehead atoms. The van der Waals surface area contributed by atoms with E-state index in [2.05, 4.69) is 36.0 Å². The van der Waals surface area contributed by atoms with Gasteiger partial charge in [0.05, 0.1) is 12.7 Å². The minimum absolute atomic E-state index is 0.388. The molecule has 1 aliphatic rings. The molecule has 1 heterocycles. The van der Waals surface area contributed by atoms with Crippen molar-refractivity contribution in [1.29, 1.82) is 0 Å². The van der Waals surface area contributed by atoms with E-state index < -0.39 is 0 Å². The fourth-order valence-electron chi connectivity index (χ4n) is 2.90. The van der Waals surface area contributed by atoms with Crippen LogP contribution in [0.1, 0.15) is 24.0 Å². The molecule has 5 heteroatoms. The van der Waals surface area contributed by atoms with Gasteiger partial charge in [-0.1, -0.05) is 18.3 Å². The quantitative estimate of drug-likeness (QED) is 0.841. The highest BCUT2D eigenvalue weighted by Crippen LogP contribution is 2.22. The third-order valence-electron chi connectivity index (χ3n) is 4.15. The molecule has 1 saturated heterocycles. The lowest BCUT2D eigenvalue weighted by atomic mass is 10.0. The summed E-state index contributed by atoms with van der Waals surface area (Å²) in [5.74, 6) is 0.746. The first-order valence-electron chi connectivity index (χ1n) is 7.36. The van der Waals surface area contributed by atoms with Crippen molar-refractivity contribution in [2.24, 2.45) is 5.73 Å². The van der Waals surface area contributed by atoms with E-state index in [1.807, 2.05) is 6.07 Å². The third kappa shape index (κ3) is 4.15. The lowest BCUT2D eigenvalue weighted by Gasteiger charge is -2.36. The number of thiocarbonyl (C=S) groups is 1. The monoisotopic (exact) mass is 307 g/mol. The number of likely N-dealkylation sites (tertiary alicyclic amines) is 1. The minimum Gasteiger partial charge on any atom is -0.496 e. The Labute approximate surface area is 132 Å². The van der Waals surface area contributed by atoms with Gasteiger partial charge in [-0.25, -0.2) is 0 Å². The number of ether oxygens (including phenoxy) is 1. The summed E-state index contributed by atoms with van der Waals surface area (Å²) in [5, 5.41) is 0. The van der Waals surface area contributed by atoms with Crippen LogP contribution in [0, 0.1) is 0 Å². The second kappa shape index (κ2) is 7.20. The van der Waals surface area contributed by atoms with Crippen LogP contribution in [0.4, 0.5) is 0 Å². The molecule has 1 aliphatic heterocycles. The zero-order chi connectivity index (χ0) is 15.4. The summed E-state index contributed by atoms with van der Waals surface area (Å²) in [4.78, 5) is 5.21. The summed E-state index contributed by atoms with van der Waals surface area (Å²) < 4.78 is 5.31. The van der Waals surface area contributed by atoms with Crippen LogP contribution in [-0.4, -0.2) is 55.1 Å². The number of nitrogens with zero attached hydrogens (tertiary/aromatic N) is 2. The molecule has 1 aromatic rings. The van der Waals surface area contributed by atoms with E-state index in [4.69, 9.17) is 22.7 Å². The van der Waals surface area contributed by atoms with Crippen molar-refractivity contribution in [2.75, 3.05) is 34.3 Å². The van der Waals surface area contributed by atoms with E-state index in [9.17, 15) is 0 Å². The molecular weight excluding hydrogens is 282 g/mol. The number of piperidine rings is 1. The Hall–Kier alpha value is -1.17. The summed E-state index contributed by atoms with van der Waals surface area (Å²) in [6.45, 7) is 3.20. The van der Waals surface area contributed by atoms with Gasteiger partial charge in [-0.05, 0) is 51.2 Å². The van der Waals surface area contributed by atoms with E-state index in [-0.39, 0.29) is 0 Å². The Bertz CT molecular complexity index is 504. The van der Waals surface area contributed by atoms with Crippen LogP contribution in [0.25, 0.3) is 0 Å². The topological polar surface area (TPSA) is 41.7 Å². The lowest BCUT2D eigenvalue weighted by Crippen LogP contribution is -2.44. The average Bonchev–Trinajstić information content (AvgIpc) is 2.47. The van der Waals surface area contributed by atoms with E-state index in [1.54, 1.807) is 7.11 Å². The van der Waals surface area contributed by atoms with E-state index in [1.165, 1.54) is 18.4 Å². The van der Waals surface area contributed by atoms with Crippen LogP contribution in [-0.2, 0) is 6.54 Å². The summed E-state index contributed by atoms with van der Waals surface area (Å²) in [6, 6.07) is 6.75. The van der Waals surface area contributed by atoms with Gasteiger partial charge < -0.3 is 15.4 Å². The van der Waals surface area contributed by atoms with Gasteiger partial charge in [0, 0.05) is 19.1 Å². The number of rotatable bonds is 5. The maximum absolute atomic E-state index is 5.79. The number of benzene rings is 1. The van der Waals surface area contributed by atoms with Gasteiger partial charge in [0.15, 0.2) is 0 Å². The molecule has 0 radical (unpaired) electrons. The van der Waals surface area contributed by atoms with Crippen molar-refractivity contribution >= 4 is 17.2 Å². The molecule has 0 spiro atoms. The van der Waals surface area contributed by atoms with Crippen molar-refractivity contribution in [3.63, 3.8) is 0 Å². The van der Waals surface area contributed by atoms with E-state index >= 15 is 0 Å². The minimum atomic E-state index is 0.388. The molecule has 4 nitrogen and oxygen atoms in total. The molecule has 21 heavy (non-hydrogen) atoms. The maximum atomic E-state index is 5.79. The average molecular weight is 307 g/mol. The summed E-state index contributed by atoms with van der Waals surface area (Å²) in [7, 11) is 5.96. The van der Waals surface area contributed by atoms with E-state index in [0.717, 1.165) is 30.9 Å². The Morgan fingerprint density at radius 3 is 2.86 bits per heavy atom. The van der Waals surface area contributed by atoms with Crippen molar-refractivity contribution < 1.29 is 4.74 Å². The third-order valence-corrected chi connectivity index (χ3v) is 4.37. The van der Waals surface area contributed by atoms with Crippen molar-refractivity contribution in [1.82, 2.24) is 9.80 Å². The van der Waals surface area contributed by atoms with Gasteiger partial charge in [-0.2, -0.15) is 0 Å². The smallest absolute Gasteiger partial charge is 0.129 e. The molecule has 1 aromatic carbocycles. The Morgan fingerprint density at radius 1 is 1.48 bits per heavy atom. The summed E-state index contributed by atoms with van der Waals surface area (Å²) in [5.41, 5.74) is 7.84. The van der Waals surface area contributed by atoms with Gasteiger partial charge in [-0.15, -0.1) is 0 Å². The number of hydrogen-bond acceptors (Lipinski definition) is 4. The molecule has 2 N–H and O–H groups in total. The molecule has 1 atom stereocenters.